The largest absolute Gasteiger partial charge is 1.00 e. The van der Waals surface area contributed by atoms with E-state index in [-0.39, 0.29) is 40.7 Å². The Labute approximate surface area is 75.5 Å². The van der Waals surface area contributed by atoms with Gasteiger partial charge in [0.1, 0.15) is 0 Å². The fourth-order valence-electron chi connectivity index (χ4n) is 0.130. The molecule has 0 radical (unpaired) electrons. The first-order valence-corrected chi connectivity index (χ1v) is 3.37. The molecule has 0 aromatic carbocycles. The Hall–Kier alpha value is 1.03. The number of hydrogen-bond donors (Lipinski definition) is 0. The monoisotopic (exact) mass is 212 g/mol. The van der Waals surface area contributed by atoms with Gasteiger partial charge in [-0.15, -0.1) is 0 Å². The van der Waals surface area contributed by atoms with Gasteiger partial charge >= 0.3 is 50.5 Å². The summed E-state index contributed by atoms with van der Waals surface area (Å²) in [6.07, 6.45) is 0. The van der Waals surface area contributed by atoms with Gasteiger partial charge in [0.2, 0.25) is 0 Å². The van der Waals surface area contributed by atoms with Crippen molar-refractivity contribution in [1.82, 2.24) is 0 Å². The van der Waals surface area contributed by atoms with Crippen LogP contribution < -0.4 is 24.8 Å². The van der Waals surface area contributed by atoms with Crippen LogP contribution in [0.3, 0.4) is 0 Å². The van der Waals surface area contributed by atoms with Crippen LogP contribution in [0.4, 0.5) is 0 Å². The van der Waals surface area contributed by atoms with Gasteiger partial charge in [-0.1, -0.05) is 0 Å². The van der Waals surface area contributed by atoms with Gasteiger partial charge in [0.25, 0.3) is 0 Å². The molecule has 0 unspecified atom stereocenters. The Morgan fingerprint density at radius 2 is 1.33 bits per heavy atom. The van der Waals surface area contributed by atoms with Crippen LogP contribution in [0, 0.1) is 0 Å². The number of hydrogen-bond acceptors (Lipinski definition) is 2. The van der Waals surface area contributed by atoms with Crippen LogP contribution in [0.5, 0.6) is 0 Å². The van der Waals surface area contributed by atoms with E-state index in [1.807, 2.05) is 13.8 Å². The van der Waals surface area contributed by atoms with Gasteiger partial charge in [-0.3, -0.25) is 0 Å². The zero-order valence-corrected chi connectivity index (χ0v) is 8.18. The average molecular weight is 213 g/mol. The molecule has 0 aromatic heterocycles. The van der Waals surface area contributed by atoms with Crippen LogP contribution >= 0.6 is 0 Å². The Balaban J connectivity index is -0.000000180. The predicted octanol–water partition coefficient (Wildman–Crippen LogP) is -5.02. The van der Waals surface area contributed by atoms with E-state index in [9.17, 15) is 0 Å². The molecule has 0 aliphatic carbocycles. The minimum absolute atomic E-state index is 0. The van der Waals surface area contributed by atoms with Gasteiger partial charge in [-0.25, -0.2) is 0 Å². The summed E-state index contributed by atoms with van der Waals surface area (Å²) in [6, 6.07) is 0. The first-order chi connectivity index (χ1) is 3.41. The summed E-state index contributed by atoms with van der Waals surface area (Å²) in [5.74, 6) is 0. The van der Waals surface area contributed by atoms with Gasteiger partial charge in [0, 0.05) is 0 Å². The molecule has 0 atom stereocenters. The molecule has 0 saturated carbocycles. The minimum atomic E-state index is -0.0243. The molecular weight excluding hydrogens is 203 g/mol. The maximum Gasteiger partial charge on any atom is -1.00 e. The predicted molar refractivity (Wildman–Crippen MR) is 23.3 cm³/mol. The van der Waals surface area contributed by atoms with E-state index >= 15 is 0 Å². The second-order valence-electron chi connectivity index (χ2n) is 0.881. The summed E-state index contributed by atoms with van der Waals surface area (Å²) in [5.41, 5.74) is 0. The van der Waals surface area contributed by atoms with Gasteiger partial charge in [0.05, 0.1) is 0 Å². The molecular formula is C4H10Cl2CrO2. The Bertz CT molecular complexity index is 35.7. The van der Waals surface area contributed by atoms with Crippen LogP contribution in [0.25, 0.3) is 0 Å². The summed E-state index contributed by atoms with van der Waals surface area (Å²) < 4.78 is 9.83. The van der Waals surface area contributed by atoms with Crippen molar-refractivity contribution in [2.45, 2.75) is 13.8 Å². The second kappa shape index (κ2) is 16.0. The van der Waals surface area contributed by atoms with Gasteiger partial charge < -0.3 is 24.8 Å². The summed E-state index contributed by atoms with van der Waals surface area (Å²) in [5, 5.41) is 0. The third kappa shape index (κ3) is 17.6. The number of halogens is 2. The Kier molecular flexibility index (Phi) is 29.4. The summed E-state index contributed by atoms with van der Waals surface area (Å²) in [6.45, 7) is 5.45. The molecule has 58 valence electrons. The molecule has 9 heavy (non-hydrogen) atoms. The summed E-state index contributed by atoms with van der Waals surface area (Å²) >= 11 is -0.0243. The number of rotatable bonds is 4. The first-order valence-electron chi connectivity index (χ1n) is 2.32. The molecule has 0 amide bonds. The van der Waals surface area contributed by atoms with Crippen molar-refractivity contribution in [2.24, 2.45) is 0 Å². The van der Waals surface area contributed by atoms with Crippen LogP contribution in [0.1, 0.15) is 13.8 Å². The summed E-state index contributed by atoms with van der Waals surface area (Å²) in [7, 11) is 0. The van der Waals surface area contributed by atoms with Crippen LogP contribution in [0.2, 0.25) is 0 Å². The van der Waals surface area contributed by atoms with E-state index in [1.54, 1.807) is 0 Å². The van der Waals surface area contributed by atoms with Gasteiger partial charge in [-0.05, 0) is 0 Å². The smallest absolute Gasteiger partial charge is 1.00 e. The minimum Gasteiger partial charge on any atom is -1.00 e. The molecule has 0 aliphatic rings. The molecule has 0 spiro atoms. The Morgan fingerprint density at radius 3 is 1.56 bits per heavy atom. The average Bonchev–Trinajstić information content (AvgIpc) is 1.69. The Morgan fingerprint density at radius 1 is 1.00 bits per heavy atom. The van der Waals surface area contributed by atoms with E-state index in [0.29, 0.717) is 0 Å². The fourth-order valence-corrected chi connectivity index (χ4v) is 0.537. The molecule has 0 N–H and O–H groups in total. The second-order valence-corrected chi connectivity index (χ2v) is 1.83. The maximum atomic E-state index is 4.91. The molecule has 0 aliphatic heterocycles. The maximum absolute atomic E-state index is 4.91. The third-order valence-corrected chi connectivity index (χ3v) is 1.37. The molecule has 2 nitrogen and oxygen atoms in total. The standard InChI is InChI=1S/2C2H5O.2ClH.Cr/c2*1-2-3;;;/h2*2H2,1H3;2*1H;/q2*-1;;;+4/p-2. The first kappa shape index (κ1) is 16.6. The van der Waals surface area contributed by atoms with E-state index in [2.05, 4.69) is 0 Å². The summed E-state index contributed by atoms with van der Waals surface area (Å²) in [4.78, 5) is 0. The zero-order chi connectivity index (χ0) is 5.54. The topological polar surface area (TPSA) is 18.5 Å². The fraction of sp³-hybridized carbons (Fsp3) is 1.00. The molecule has 5 heteroatoms. The van der Waals surface area contributed by atoms with Crippen molar-refractivity contribution >= 4 is 0 Å². The van der Waals surface area contributed by atoms with Crippen molar-refractivity contribution in [3.05, 3.63) is 0 Å². The van der Waals surface area contributed by atoms with E-state index in [4.69, 9.17) is 7.58 Å². The SMILES string of the molecule is CC[O][Cr+2][O]CC.[Cl-].[Cl-]. The van der Waals surface area contributed by atoms with E-state index < -0.39 is 0 Å². The molecule has 0 aromatic rings. The quantitative estimate of drug-likeness (QED) is 0.435. The molecule has 0 heterocycles. The third-order valence-electron chi connectivity index (χ3n) is 0.332. The molecule has 0 bridgehead atoms. The molecule has 0 fully saturated rings. The van der Waals surface area contributed by atoms with Gasteiger partial charge in [-0.2, -0.15) is 0 Å². The van der Waals surface area contributed by atoms with E-state index in [0.717, 1.165) is 13.2 Å². The molecule has 0 saturated heterocycles. The van der Waals surface area contributed by atoms with E-state index in [1.165, 1.54) is 0 Å². The normalized spacial score (nSPS) is 6.89. The molecule has 0 rings (SSSR count). The van der Waals surface area contributed by atoms with Crippen molar-refractivity contribution in [1.29, 1.82) is 0 Å². The van der Waals surface area contributed by atoms with Crippen LogP contribution in [0.15, 0.2) is 0 Å². The van der Waals surface area contributed by atoms with Crippen LogP contribution in [-0.2, 0) is 23.5 Å². The zero-order valence-electron chi connectivity index (χ0n) is 5.39. The van der Waals surface area contributed by atoms with Crippen molar-refractivity contribution in [3.63, 3.8) is 0 Å². The van der Waals surface area contributed by atoms with Crippen molar-refractivity contribution in [2.75, 3.05) is 13.2 Å². The van der Waals surface area contributed by atoms with Gasteiger partial charge in [0.15, 0.2) is 0 Å². The van der Waals surface area contributed by atoms with Crippen molar-refractivity contribution in [3.8, 4) is 0 Å². The van der Waals surface area contributed by atoms with Crippen molar-refractivity contribution < 1.29 is 48.3 Å². The van der Waals surface area contributed by atoms with Crippen LogP contribution in [-0.4, -0.2) is 13.2 Å².